The maximum Gasteiger partial charge on any atom is 0.267 e. The number of primary amides is 1. The quantitative estimate of drug-likeness (QED) is 0.726. The minimum atomic E-state index is -0.563. The molecule has 0 saturated carbocycles. The average molecular weight is 200 g/mol. The highest BCUT2D eigenvalue weighted by molar-refractivity contribution is 9.10. The van der Waals surface area contributed by atoms with Crippen LogP contribution in [0, 0.1) is 6.07 Å². The van der Waals surface area contributed by atoms with Gasteiger partial charge < -0.3 is 5.73 Å². The van der Waals surface area contributed by atoms with E-state index >= 15 is 0 Å². The molecule has 0 fully saturated rings. The molecule has 10 heavy (non-hydrogen) atoms. The first-order valence-corrected chi connectivity index (χ1v) is 3.32. The van der Waals surface area contributed by atoms with Gasteiger partial charge in [-0.15, -0.1) is 0 Å². The summed E-state index contributed by atoms with van der Waals surface area (Å²) in [7, 11) is 0. The van der Waals surface area contributed by atoms with Crippen LogP contribution in [0.25, 0.3) is 0 Å². The molecule has 0 aliphatic carbocycles. The Hall–Kier alpha value is -0.900. The Balaban J connectivity index is 3.00. The maximum atomic E-state index is 10.4. The molecule has 1 aromatic rings. The second-order valence-electron chi connectivity index (χ2n) is 1.64. The fraction of sp³-hybridized carbons (Fsp3) is 0. The van der Waals surface area contributed by atoms with Gasteiger partial charge in [0, 0.05) is 16.7 Å². The van der Waals surface area contributed by atoms with Crippen molar-refractivity contribution in [2.75, 3.05) is 0 Å². The normalized spacial score (nSPS) is 9.30. The van der Waals surface area contributed by atoms with Crippen molar-refractivity contribution in [3.05, 3.63) is 28.5 Å². The number of hydrogen-bond acceptors (Lipinski definition) is 2. The van der Waals surface area contributed by atoms with E-state index < -0.39 is 5.91 Å². The third-order valence-corrected chi connectivity index (χ3v) is 1.33. The van der Waals surface area contributed by atoms with Crippen LogP contribution in [0.2, 0.25) is 0 Å². The van der Waals surface area contributed by atoms with E-state index in [1.54, 1.807) is 6.07 Å². The molecule has 1 amide bonds. The van der Waals surface area contributed by atoms with Crippen molar-refractivity contribution < 1.29 is 4.79 Å². The van der Waals surface area contributed by atoms with Gasteiger partial charge in [0.2, 0.25) is 0 Å². The predicted octanol–water partition coefficient (Wildman–Crippen LogP) is 0.743. The lowest BCUT2D eigenvalue weighted by molar-refractivity contribution is 0.0995. The maximum absolute atomic E-state index is 10.4. The van der Waals surface area contributed by atoms with Gasteiger partial charge in [0.05, 0.1) is 0 Å². The number of nitrogens with zero attached hydrogens (tertiary/aromatic N) is 1. The van der Waals surface area contributed by atoms with Gasteiger partial charge in [0.25, 0.3) is 5.91 Å². The van der Waals surface area contributed by atoms with E-state index in [1.807, 2.05) is 0 Å². The lowest BCUT2D eigenvalue weighted by Gasteiger charge is -1.91. The first kappa shape index (κ1) is 7.21. The minimum Gasteiger partial charge on any atom is -0.364 e. The third kappa shape index (κ3) is 1.54. The molecule has 0 spiro atoms. The van der Waals surface area contributed by atoms with Gasteiger partial charge in [0.15, 0.2) is 0 Å². The van der Waals surface area contributed by atoms with Gasteiger partial charge in [0.1, 0.15) is 5.69 Å². The summed E-state index contributed by atoms with van der Waals surface area (Å²) >= 11 is 3.15. The molecule has 0 saturated heterocycles. The van der Waals surface area contributed by atoms with Gasteiger partial charge in [-0.25, -0.2) is 4.98 Å². The highest BCUT2D eigenvalue weighted by atomic mass is 79.9. The lowest BCUT2D eigenvalue weighted by Crippen LogP contribution is -2.12. The van der Waals surface area contributed by atoms with Crippen molar-refractivity contribution >= 4 is 21.8 Å². The Morgan fingerprint density at radius 3 is 2.90 bits per heavy atom. The zero-order chi connectivity index (χ0) is 7.56. The summed E-state index contributed by atoms with van der Waals surface area (Å²) in [6.45, 7) is 0. The SMILES string of the molecule is NC(=O)c1[c]cc(Br)cn1. The van der Waals surface area contributed by atoms with E-state index in [2.05, 4.69) is 27.0 Å². The van der Waals surface area contributed by atoms with Crippen LogP contribution in [0.15, 0.2) is 16.7 Å². The zero-order valence-electron chi connectivity index (χ0n) is 4.97. The first-order chi connectivity index (χ1) is 4.70. The Kier molecular flexibility index (Phi) is 2.01. The number of amides is 1. The molecule has 1 rings (SSSR count). The number of rotatable bonds is 1. The molecule has 0 bridgehead atoms. The molecule has 1 aromatic heterocycles. The van der Waals surface area contributed by atoms with Crippen molar-refractivity contribution in [2.24, 2.45) is 5.73 Å². The fourth-order valence-electron chi connectivity index (χ4n) is 0.473. The van der Waals surface area contributed by atoms with E-state index in [1.165, 1.54) is 6.20 Å². The molecule has 0 atom stereocenters. The monoisotopic (exact) mass is 199 g/mol. The molecule has 0 unspecified atom stereocenters. The van der Waals surface area contributed by atoms with Crippen molar-refractivity contribution in [2.45, 2.75) is 0 Å². The first-order valence-electron chi connectivity index (χ1n) is 2.53. The smallest absolute Gasteiger partial charge is 0.267 e. The highest BCUT2D eigenvalue weighted by Crippen LogP contribution is 2.05. The number of pyridine rings is 1. The van der Waals surface area contributed by atoms with Gasteiger partial charge in [-0.05, 0) is 22.0 Å². The van der Waals surface area contributed by atoms with Crippen molar-refractivity contribution in [3.8, 4) is 0 Å². The number of nitrogens with two attached hydrogens (primary N) is 1. The lowest BCUT2D eigenvalue weighted by atomic mass is 10.3. The van der Waals surface area contributed by atoms with Crippen LogP contribution >= 0.6 is 15.9 Å². The summed E-state index contributed by atoms with van der Waals surface area (Å²) in [6, 6.07) is 4.19. The predicted molar refractivity (Wildman–Crippen MR) is 39.3 cm³/mol. The minimum absolute atomic E-state index is 0.156. The summed E-state index contributed by atoms with van der Waals surface area (Å²) < 4.78 is 0.775. The van der Waals surface area contributed by atoms with E-state index in [0.717, 1.165) is 4.47 Å². The Morgan fingerprint density at radius 2 is 2.50 bits per heavy atom. The molecule has 2 N–H and O–H groups in total. The molecule has 1 heterocycles. The second-order valence-corrected chi connectivity index (χ2v) is 2.56. The Bertz CT molecular complexity index is 244. The van der Waals surface area contributed by atoms with E-state index in [0.29, 0.717) is 0 Å². The summed E-state index contributed by atoms with van der Waals surface area (Å²) in [6.07, 6.45) is 1.50. The summed E-state index contributed by atoms with van der Waals surface area (Å²) in [5.41, 5.74) is 5.07. The molecule has 0 aromatic carbocycles. The molecule has 0 aliphatic heterocycles. The van der Waals surface area contributed by atoms with E-state index in [4.69, 9.17) is 5.73 Å². The van der Waals surface area contributed by atoms with Crippen molar-refractivity contribution in [1.29, 1.82) is 0 Å². The molecule has 51 valence electrons. The highest BCUT2D eigenvalue weighted by Gasteiger charge is 1.99. The number of carbonyl (C=O) groups is 1. The molecule has 4 heteroatoms. The van der Waals surface area contributed by atoms with Gasteiger partial charge in [-0.2, -0.15) is 0 Å². The number of halogens is 1. The Morgan fingerprint density at radius 1 is 1.80 bits per heavy atom. The second kappa shape index (κ2) is 2.79. The van der Waals surface area contributed by atoms with Crippen LogP contribution in [0.4, 0.5) is 0 Å². The molecule has 3 nitrogen and oxygen atoms in total. The fourth-order valence-corrected chi connectivity index (χ4v) is 0.690. The average Bonchev–Trinajstić information content (AvgIpc) is 1.88. The van der Waals surface area contributed by atoms with Crippen LogP contribution in [0.5, 0.6) is 0 Å². The topological polar surface area (TPSA) is 56.0 Å². The number of hydrogen-bond donors (Lipinski definition) is 1. The molecule has 1 radical (unpaired) electrons. The van der Waals surface area contributed by atoms with Gasteiger partial charge in [-0.3, -0.25) is 4.79 Å². The largest absolute Gasteiger partial charge is 0.364 e. The third-order valence-electron chi connectivity index (χ3n) is 0.897. The van der Waals surface area contributed by atoms with E-state index in [9.17, 15) is 4.79 Å². The molecular weight excluding hydrogens is 196 g/mol. The summed E-state index contributed by atoms with van der Waals surface area (Å²) in [5.74, 6) is -0.563. The van der Waals surface area contributed by atoms with Crippen LogP contribution in [0.3, 0.4) is 0 Å². The molecular formula is C6H4BrN2O. The zero-order valence-corrected chi connectivity index (χ0v) is 6.55. The standard InChI is InChI=1S/C6H4BrN2O/c7-4-1-2-5(6(8)10)9-3-4/h1,3H,(H2,8,10). The Labute approximate surface area is 66.4 Å². The van der Waals surface area contributed by atoms with Crippen LogP contribution < -0.4 is 5.73 Å². The van der Waals surface area contributed by atoms with E-state index in [-0.39, 0.29) is 5.69 Å². The van der Waals surface area contributed by atoms with Crippen LogP contribution in [0.1, 0.15) is 10.5 Å². The van der Waals surface area contributed by atoms with Crippen molar-refractivity contribution in [1.82, 2.24) is 4.98 Å². The van der Waals surface area contributed by atoms with Crippen molar-refractivity contribution in [3.63, 3.8) is 0 Å². The summed E-state index contributed by atoms with van der Waals surface area (Å²) in [5, 5.41) is 0. The van der Waals surface area contributed by atoms with Gasteiger partial charge >= 0.3 is 0 Å². The summed E-state index contributed by atoms with van der Waals surface area (Å²) in [4.78, 5) is 14.1. The van der Waals surface area contributed by atoms with Crippen LogP contribution in [-0.2, 0) is 0 Å². The van der Waals surface area contributed by atoms with Crippen LogP contribution in [-0.4, -0.2) is 10.9 Å². The number of aromatic nitrogens is 1. The number of carbonyl (C=O) groups excluding carboxylic acids is 1. The van der Waals surface area contributed by atoms with Gasteiger partial charge in [-0.1, -0.05) is 0 Å². The molecule has 0 aliphatic rings.